The Bertz CT molecular complexity index is 492. The number of hydrogen-bond acceptors (Lipinski definition) is 4. The number of benzene rings is 1. The number of nitrogens with zero attached hydrogens (tertiary/aromatic N) is 1. The van der Waals surface area contributed by atoms with Crippen LogP contribution in [0.2, 0.25) is 0 Å². The first kappa shape index (κ1) is 13.1. The molecule has 1 aromatic carbocycles. The lowest BCUT2D eigenvalue weighted by atomic mass is 10.3. The van der Waals surface area contributed by atoms with Gasteiger partial charge < -0.3 is 9.47 Å². The van der Waals surface area contributed by atoms with Gasteiger partial charge in [-0.2, -0.15) is 0 Å². The molecule has 1 aliphatic rings. The molecule has 0 saturated heterocycles. The maximum Gasteiger partial charge on any atom is 0.253 e. The topological polar surface area (TPSA) is 55.8 Å². The van der Waals surface area contributed by atoms with E-state index in [1.807, 2.05) is 19.1 Å². The quantitative estimate of drug-likeness (QED) is 0.726. The molecule has 0 aliphatic carbocycles. The van der Waals surface area contributed by atoms with E-state index in [1.165, 1.54) is 12.2 Å². The van der Waals surface area contributed by atoms with E-state index in [-0.39, 0.29) is 25.0 Å². The molecule has 0 saturated carbocycles. The summed E-state index contributed by atoms with van der Waals surface area (Å²) in [4.78, 5) is 23.8. The van der Waals surface area contributed by atoms with E-state index in [4.69, 9.17) is 9.47 Å². The molecule has 0 fully saturated rings. The molecule has 19 heavy (non-hydrogen) atoms. The Labute approximate surface area is 111 Å². The van der Waals surface area contributed by atoms with Gasteiger partial charge >= 0.3 is 0 Å². The second-order valence-corrected chi connectivity index (χ2v) is 3.92. The minimum Gasteiger partial charge on any atom is -0.494 e. The number of hydrogen-bond donors (Lipinski definition) is 0. The summed E-state index contributed by atoms with van der Waals surface area (Å²) in [5.74, 6) is 0.793. The van der Waals surface area contributed by atoms with Crippen LogP contribution in [-0.2, 0) is 9.59 Å². The maximum absolute atomic E-state index is 11.3. The van der Waals surface area contributed by atoms with Crippen LogP contribution < -0.4 is 9.47 Å². The number of amides is 2. The Kier molecular flexibility index (Phi) is 4.18. The lowest BCUT2D eigenvalue weighted by Crippen LogP contribution is -2.33. The average Bonchev–Trinajstić information content (AvgIpc) is 2.71. The Morgan fingerprint density at radius 2 is 1.68 bits per heavy atom. The number of ether oxygens (including phenoxy) is 2. The van der Waals surface area contributed by atoms with Crippen LogP contribution in [0, 0.1) is 0 Å². The average molecular weight is 261 g/mol. The smallest absolute Gasteiger partial charge is 0.253 e. The van der Waals surface area contributed by atoms with Crippen molar-refractivity contribution in [2.24, 2.45) is 0 Å². The summed E-state index contributed by atoms with van der Waals surface area (Å²) in [6.07, 6.45) is 2.52. The molecule has 0 aromatic heterocycles. The lowest BCUT2D eigenvalue weighted by Gasteiger charge is -2.14. The van der Waals surface area contributed by atoms with Crippen molar-refractivity contribution in [2.45, 2.75) is 6.92 Å². The molecule has 2 amide bonds. The van der Waals surface area contributed by atoms with Crippen LogP contribution in [0.1, 0.15) is 6.92 Å². The Morgan fingerprint density at radius 1 is 1.05 bits per heavy atom. The highest BCUT2D eigenvalue weighted by molar-refractivity contribution is 6.12. The highest BCUT2D eigenvalue weighted by Gasteiger charge is 2.22. The van der Waals surface area contributed by atoms with Gasteiger partial charge in [0.05, 0.1) is 13.2 Å². The van der Waals surface area contributed by atoms with Crippen LogP contribution in [0.4, 0.5) is 0 Å². The third-order valence-electron chi connectivity index (χ3n) is 2.60. The van der Waals surface area contributed by atoms with Gasteiger partial charge in [-0.1, -0.05) is 6.07 Å². The highest BCUT2D eigenvalue weighted by atomic mass is 16.5. The molecule has 0 bridgehead atoms. The van der Waals surface area contributed by atoms with Crippen LogP contribution in [0.5, 0.6) is 11.5 Å². The van der Waals surface area contributed by atoms with Gasteiger partial charge in [-0.3, -0.25) is 14.5 Å². The summed E-state index contributed by atoms with van der Waals surface area (Å²) >= 11 is 0. The zero-order valence-corrected chi connectivity index (χ0v) is 10.7. The summed E-state index contributed by atoms with van der Waals surface area (Å²) in [6.45, 7) is 3.00. The normalized spacial score (nSPS) is 14.1. The fraction of sp³-hybridized carbons (Fsp3) is 0.286. The third-order valence-corrected chi connectivity index (χ3v) is 2.60. The summed E-state index contributed by atoms with van der Waals surface area (Å²) in [5, 5.41) is 0. The monoisotopic (exact) mass is 261 g/mol. The molecule has 1 aromatic rings. The van der Waals surface area contributed by atoms with Crippen molar-refractivity contribution in [3.05, 3.63) is 36.4 Å². The first-order chi connectivity index (χ1) is 9.20. The van der Waals surface area contributed by atoms with Crippen LogP contribution >= 0.6 is 0 Å². The van der Waals surface area contributed by atoms with Crippen molar-refractivity contribution >= 4 is 11.8 Å². The summed E-state index contributed by atoms with van der Waals surface area (Å²) < 4.78 is 10.8. The van der Waals surface area contributed by atoms with Crippen molar-refractivity contribution in [3.8, 4) is 11.5 Å². The molecular weight excluding hydrogens is 246 g/mol. The first-order valence-electron chi connectivity index (χ1n) is 6.10. The fourth-order valence-corrected chi connectivity index (χ4v) is 1.73. The number of imide groups is 1. The summed E-state index contributed by atoms with van der Waals surface area (Å²) in [5.41, 5.74) is 0. The van der Waals surface area contributed by atoms with Gasteiger partial charge in [0.25, 0.3) is 11.8 Å². The number of rotatable bonds is 6. The zero-order chi connectivity index (χ0) is 13.7. The van der Waals surface area contributed by atoms with Gasteiger partial charge in [-0.05, 0) is 19.1 Å². The van der Waals surface area contributed by atoms with Gasteiger partial charge in [0.2, 0.25) is 0 Å². The van der Waals surface area contributed by atoms with Gasteiger partial charge in [0.1, 0.15) is 18.1 Å². The number of carbonyl (C=O) groups excluding carboxylic acids is 2. The van der Waals surface area contributed by atoms with Gasteiger partial charge in [-0.15, -0.1) is 0 Å². The molecule has 0 N–H and O–H groups in total. The van der Waals surface area contributed by atoms with E-state index in [0.717, 1.165) is 10.6 Å². The Hall–Kier alpha value is -2.30. The van der Waals surface area contributed by atoms with Crippen molar-refractivity contribution in [1.29, 1.82) is 0 Å². The van der Waals surface area contributed by atoms with Gasteiger partial charge in [0, 0.05) is 18.2 Å². The van der Waals surface area contributed by atoms with Crippen molar-refractivity contribution in [1.82, 2.24) is 4.90 Å². The SMILES string of the molecule is CCOc1cccc(OCCN2C(=O)C=CC2=O)c1. The molecule has 0 atom stereocenters. The molecule has 5 heteroatoms. The Morgan fingerprint density at radius 3 is 2.32 bits per heavy atom. The predicted molar refractivity (Wildman–Crippen MR) is 69.0 cm³/mol. The van der Waals surface area contributed by atoms with E-state index >= 15 is 0 Å². The van der Waals surface area contributed by atoms with Crippen LogP contribution in [0.3, 0.4) is 0 Å². The summed E-state index contributed by atoms with van der Waals surface area (Å²) in [7, 11) is 0. The van der Waals surface area contributed by atoms with E-state index in [2.05, 4.69) is 0 Å². The van der Waals surface area contributed by atoms with Crippen molar-refractivity contribution in [3.63, 3.8) is 0 Å². The van der Waals surface area contributed by atoms with Gasteiger partial charge in [-0.25, -0.2) is 0 Å². The molecule has 2 rings (SSSR count). The number of carbonyl (C=O) groups is 2. The molecule has 0 spiro atoms. The minimum absolute atomic E-state index is 0.240. The largest absolute Gasteiger partial charge is 0.494 e. The van der Waals surface area contributed by atoms with E-state index in [9.17, 15) is 9.59 Å². The molecule has 5 nitrogen and oxygen atoms in total. The molecule has 0 radical (unpaired) electrons. The maximum atomic E-state index is 11.3. The predicted octanol–water partition coefficient (Wildman–Crippen LogP) is 1.39. The van der Waals surface area contributed by atoms with E-state index in [1.54, 1.807) is 12.1 Å². The molecular formula is C14H15NO4. The van der Waals surface area contributed by atoms with Gasteiger partial charge in [0.15, 0.2) is 0 Å². The molecule has 1 aliphatic heterocycles. The van der Waals surface area contributed by atoms with E-state index in [0.29, 0.717) is 12.4 Å². The molecule has 100 valence electrons. The lowest BCUT2D eigenvalue weighted by molar-refractivity contribution is -0.137. The van der Waals surface area contributed by atoms with E-state index < -0.39 is 0 Å². The second-order valence-electron chi connectivity index (χ2n) is 3.92. The van der Waals surface area contributed by atoms with Crippen molar-refractivity contribution < 1.29 is 19.1 Å². The summed E-state index contributed by atoms with van der Waals surface area (Å²) in [6, 6.07) is 7.24. The van der Waals surface area contributed by atoms with Crippen LogP contribution in [0.25, 0.3) is 0 Å². The standard InChI is InChI=1S/C14H15NO4/c1-2-18-11-4-3-5-12(10-11)19-9-8-15-13(16)6-7-14(15)17/h3-7,10H,2,8-9H2,1H3. The molecule has 0 unspecified atom stereocenters. The molecule has 1 heterocycles. The highest BCUT2D eigenvalue weighted by Crippen LogP contribution is 2.19. The zero-order valence-electron chi connectivity index (χ0n) is 10.7. The first-order valence-corrected chi connectivity index (χ1v) is 6.10. The Balaban J connectivity index is 1.84. The van der Waals surface area contributed by atoms with Crippen molar-refractivity contribution in [2.75, 3.05) is 19.8 Å². The van der Waals surface area contributed by atoms with Crippen LogP contribution in [-0.4, -0.2) is 36.5 Å². The minimum atomic E-state index is -0.295. The second kappa shape index (κ2) is 6.04. The van der Waals surface area contributed by atoms with Crippen LogP contribution in [0.15, 0.2) is 36.4 Å². The third kappa shape index (κ3) is 3.34. The fourth-order valence-electron chi connectivity index (χ4n) is 1.73.